The number of benzene rings is 1. The second-order valence-electron chi connectivity index (χ2n) is 6.35. The summed E-state index contributed by atoms with van der Waals surface area (Å²) >= 11 is 0. The minimum absolute atomic E-state index is 0.322. The molecule has 0 amide bonds. The van der Waals surface area contributed by atoms with Gasteiger partial charge in [-0.2, -0.15) is 0 Å². The minimum atomic E-state index is -3.48. The van der Waals surface area contributed by atoms with Crippen molar-refractivity contribution < 1.29 is 8.42 Å². The molecule has 1 aromatic carbocycles. The van der Waals surface area contributed by atoms with Gasteiger partial charge in [-0.3, -0.25) is 0 Å². The van der Waals surface area contributed by atoms with Crippen LogP contribution >= 0.6 is 0 Å². The van der Waals surface area contributed by atoms with Gasteiger partial charge in [-0.15, -0.1) is 0 Å². The highest BCUT2D eigenvalue weighted by Crippen LogP contribution is 2.25. The summed E-state index contributed by atoms with van der Waals surface area (Å²) < 4.78 is 27.5. The van der Waals surface area contributed by atoms with E-state index in [-0.39, 0.29) is 0 Å². The van der Waals surface area contributed by atoms with Gasteiger partial charge in [0, 0.05) is 12.1 Å². The summed E-state index contributed by atoms with van der Waals surface area (Å²) in [5.74, 6) is 0. The molecular weight excluding hydrogens is 284 g/mol. The van der Waals surface area contributed by atoms with Gasteiger partial charge in [-0.25, -0.2) is 13.1 Å². The largest absolute Gasteiger partial charge is 0.324 e. The van der Waals surface area contributed by atoms with E-state index in [2.05, 4.69) is 4.72 Å². The molecule has 0 heterocycles. The fourth-order valence-corrected chi connectivity index (χ4v) is 4.04. The highest BCUT2D eigenvalue weighted by molar-refractivity contribution is 7.89. The predicted octanol–water partition coefficient (Wildman–Crippen LogP) is 2.63. The van der Waals surface area contributed by atoms with Crippen LogP contribution in [0.2, 0.25) is 0 Å². The maximum Gasteiger partial charge on any atom is 0.240 e. The van der Waals surface area contributed by atoms with Gasteiger partial charge in [0.1, 0.15) is 0 Å². The van der Waals surface area contributed by atoms with Crippen LogP contribution in [0.3, 0.4) is 0 Å². The Hall–Kier alpha value is -0.910. The Morgan fingerprint density at radius 2 is 1.71 bits per heavy atom. The van der Waals surface area contributed by atoms with E-state index in [1.165, 1.54) is 12.8 Å². The average Bonchev–Trinajstić information content (AvgIpc) is 2.65. The Kier molecular flexibility index (Phi) is 5.07. The molecular formula is C16H26N2O2S. The zero-order valence-corrected chi connectivity index (χ0v) is 13.8. The molecule has 3 N–H and O–H groups in total. The summed E-state index contributed by atoms with van der Waals surface area (Å²) in [4.78, 5) is 0.322. The first-order valence-electron chi connectivity index (χ1n) is 7.68. The van der Waals surface area contributed by atoms with Gasteiger partial charge in [-0.1, -0.05) is 31.7 Å². The predicted molar refractivity (Wildman–Crippen MR) is 85.7 cm³/mol. The van der Waals surface area contributed by atoms with Gasteiger partial charge in [0.2, 0.25) is 10.0 Å². The molecule has 0 saturated heterocycles. The Morgan fingerprint density at radius 1 is 1.10 bits per heavy atom. The maximum absolute atomic E-state index is 12.4. The third-order valence-corrected chi connectivity index (χ3v) is 5.90. The van der Waals surface area contributed by atoms with Crippen molar-refractivity contribution in [2.45, 2.75) is 62.8 Å². The monoisotopic (exact) mass is 310 g/mol. The lowest BCUT2D eigenvalue weighted by atomic mass is 9.92. The van der Waals surface area contributed by atoms with Crippen molar-refractivity contribution in [3.8, 4) is 0 Å². The van der Waals surface area contributed by atoms with Gasteiger partial charge in [0.15, 0.2) is 0 Å². The summed E-state index contributed by atoms with van der Waals surface area (Å²) in [5.41, 5.74) is 8.04. The molecule has 4 nitrogen and oxygen atoms in total. The number of nitrogens with one attached hydrogen (secondary N) is 1. The SMILES string of the molecule is Cc1ccc(S(=O)(=O)NCC2(N)CCCCCC2)cc1C. The van der Waals surface area contributed by atoms with Crippen molar-refractivity contribution in [2.24, 2.45) is 5.73 Å². The van der Waals surface area contributed by atoms with Crippen molar-refractivity contribution in [2.75, 3.05) is 6.54 Å². The second-order valence-corrected chi connectivity index (χ2v) is 8.11. The molecule has 0 spiro atoms. The quantitative estimate of drug-likeness (QED) is 0.840. The van der Waals surface area contributed by atoms with Crippen LogP contribution in [-0.2, 0) is 10.0 Å². The molecule has 5 heteroatoms. The highest BCUT2D eigenvalue weighted by Gasteiger charge is 2.28. The molecule has 0 bridgehead atoms. The van der Waals surface area contributed by atoms with E-state index < -0.39 is 15.6 Å². The molecule has 1 aliphatic carbocycles. The minimum Gasteiger partial charge on any atom is -0.324 e. The van der Waals surface area contributed by atoms with Gasteiger partial charge in [-0.05, 0) is 49.9 Å². The molecule has 1 aromatic rings. The van der Waals surface area contributed by atoms with E-state index in [1.54, 1.807) is 12.1 Å². The summed E-state index contributed by atoms with van der Waals surface area (Å²) in [6.07, 6.45) is 6.35. The van der Waals surface area contributed by atoms with E-state index in [1.807, 2.05) is 19.9 Å². The number of aryl methyl sites for hydroxylation is 2. The number of hydrogen-bond donors (Lipinski definition) is 2. The fraction of sp³-hybridized carbons (Fsp3) is 0.625. The van der Waals surface area contributed by atoms with Gasteiger partial charge in [0.25, 0.3) is 0 Å². The van der Waals surface area contributed by atoms with Crippen molar-refractivity contribution in [3.63, 3.8) is 0 Å². The number of hydrogen-bond acceptors (Lipinski definition) is 3. The maximum atomic E-state index is 12.4. The van der Waals surface area contributed by atoms with Crippen LogP contribution in [0.4, 0.5) is 0 Å². The van der Waals surface area contributed by atoms with Crippen molar-refractivity contribution in [1.82, 2.24) is 4.72 Å². The van der Waals surface area contributed by atoms with Crippen LogP contribution in [0.25, 0.3) is 0 Å². The lowest BCUT2D eigenvalue weighted by Gasteiger charge is -2.28. The summed E-state index contributed by atoms with van der Waals surface area (Å²) in [5, 5.41) is 0. The first kappa shape index (κ1) is 16.5. The number of rotatable bonds is 4. The molecule has 0 radical (unpaired) electrons. The molecule has 118 valence electrons. The fourth-order valence-electron chi connectivity index (χ4n) is 2.81. The van der Waals surface area contributed by atoms with Crippen LogP contribution in [0.15, 0.2) is 23.1 Å². The van der Waals surface area contributed by atoms with Crippen LogP contribution in [0.5, 0.6) is 0 Å². The van der Waals surface area contributed by atoms with Crippen molar-refractivity contribution in [1.29, 1.82) is 0 Å². The van der Waals surface area contributed by atoms with E-state index in [0.29, 0.717) is 11.4 Å². The average molecular weight is 310 g/mol. The molecule has 2 rings (SSSR count). The topological polar surface area (TPSA) is 72.2 Å². The molecule has 1 aliphatic rings. The normalized spacial score (nSPS) is 19.2. The van der Waals surface area contributed by atoms with Crippen LogP contribution in [0.1, 0.15) is 49.7 Å². The third kappa shape index (κ3) is 4.28. The summed E-state index contributed by atoms with van der Waals surface area (Å²) in [6, 6.07) is 5.21. The molecule has 1 saturated carbocycles. The Morgan fingerprint density at radius 3 is 2.29 bits per heavy atom. The summed E-state index contributed by atoms with van der Waals surface area (Å²) in [7, 11) is -3.48. The van der Waals surface area contributed by atoms with Gasteiger partial charge in [0.05, 0.1) is 4.90 Å². The highest BCUT2D eigenvalue weighted by atomic mass is 32.2. The lowest BCUT2D eigenvalue weighted by molar-refractivity contribution is 0.369. The molecule has 1 fully saturated rings. The zero-order chi connectivity index (χ0) is 15.5. The first-order chi connectivity index (χ1) is 9.82. The van der Waals surface area contributed by atoms with Gasteiger partial charge < -0.3 is 5.73 Å². The van der Waals surface area contributed by atoms with Crippen LogP contribution in [0, 0.1) is 13.8 Å². The number of nitrogens with two attached hydrogens (primary N) is 1. The number of sulfonamides is 1. The Bertz CT molecular complexity index is 588. The van der Waals surface area contributed by atoms with Crippen molar-refractivity contribution in [3.05, 3.63) is 29.3 Å². The Balaban J connectivity index is 2.08. The molecule has 0 unspecified atom stereocenters. The van der Waals surface area contributed by atoms with Crippen molar-refractivity contribution >= 4 is 10.0 Å². The van der Waals surface area contributed by atoms with E-state index in [0.717, 1.165) is 36.8 Å². The zero-order valence-electron chi connectivity index (χ0n) is 13.0. The molecule has 21 heavy (non-hydrogen) atoms. The van der Waals surface area contributed by atoms with E-state index in [9.17, 15) is 8.42 Å². The van der Waals surface area contributed by atoms with Crippen LogP contribution in [-0.4, -0.2) is 20.5 Å². The van der Waals surface area contributed by atoms with E-state index >= 15 is 0 Å². The van der Waals surface area contributed by atoms with E-state index in [4.69, 9.17) is 5.73 Å². The standard InChI is InChI=1S/C16H26N2O2S/c1-13-7-8-15(11-14(13)2)21(19,20)18-12-16(17)9-5-3-4-6-10-16/h7-8,11,18H,3-6,9-10,12,17H2,1-2H3. The Labute approximate surface area is 128 Å². The van der Waals surface area contributed by atoms with Crippen LogP contribution < -0.4 is 10.5 Å². The molecule has 0 atom stereocenters. The smallest absolute Gasteiger partial charge is 0.240 e. The molecule has 0 aromatic heterocycles. The third-order valence-electron chi connectivity index (χ3n) is 4.50. The lowest BCUT2D eigenvalue weighted by Crippen LogP contribution is -2.49. The molecule has 0 aliphatic heterocycles. The second kappa shape index (κ2) is 6.46. The first-order valence-corrected chi connectivity index (χ1v) is 9.17. The summed E-state index contributed by atoms with van der Waals surface area (Å²) in [6.45, 7) is 4.21. The van der Waals surface area contributed by atoms with Gasteiger partial charge >= 0.3 is 0 Å².